The lowest BCUT2D eigenvalue weighted by atomic mass is 10.2. The van der Waals surface area contributed by atoms with Gasteiger partial charge in [0.05, 0.1) is 18.5 Å². The summed E-state index contributed by atoms with van der Waals surface area (Å²) in [7, 11) is -3.66. The lowest BCUT2D eigenvalue weighted by Gasteiger charge is -2.27. The minimum absolute atomic E-state index is 0.126. The molecule has 0 bridgehead atoms. The van der Waals surface area contributed by atoms with Crippen LogP contribution in [0.4, 0.5) is 5.69 Å². The maximum absolute atomic E-state index is 12.5. The summed E-state index contributed by atoms with van der Waals surface area (Å²) in [5.41, 5.74) is 8.05. The van der Waals surface area contributed by atoms with Crippen molar-refractivity contribution >= 4 is 21.6 Å². The minimum Gasteiger partial charge on any atom is -0.457 e. The zero-order valence-corrected chi connectivity index (χ0v) is 18.9. The molecule has 0 radical (unpaired) electrons. The van der Waals surface area contributed by atoms with Gasteiger partial charge in [-0.15, -0.1) is 0 Å². The number of nitrogens with zero attached hydrogens (tertiary/aromatic N) is 1. The molecule has 0 spiro atoms. The number of sulfonamides is 1. The van der Waals surface area contributed by atoms with Crippen molar-refractivity contribution in [2.24, 2.45) is 5.73 Å². The van der Waals surface area contributed by atoms with Crippen LogP contribution in [0.3, 0.4) is 0 Å². The van der Waals surface area contributed by atoms with E-state index >= 15 is 0 Å². The third-order valence-electron chi connectivity index (χ3n) is 4.87. The average Bonchev–Trinajstić information content (AvgIpc) is 2.76. The topological polar surface area (TPSA) is 102 Å². The largest absolute Gasteiger partial charge is 0.457 e. The highest BCUT2D eigenvalue weighted by Crippen LogP contribution is 2.26. The van der Waals surface area contributed by atoms with Gasteiger partial charge in [-0.1, -0.05) is 48.0 Å². The number of hydrogen-bond donors (Lipinski definition) is 2. The molecule has 0 aliphatic heterocycles. The second-order valence-corrected chi connectivity index (χ2v) is 9.43. The minimum atomic E-state index is -3.66. The van der Waals surface area contributed by atoms with Gasteiger partial charge in [0.2, 0.25) is 15.9 Å². The third kappa shape index (κ3) is 6.57. The predicted molar refractivity (Wildman–Crippen MR) is 126 cm³/mol. The van der Waals surface area contributed by atoms with E-state index in [9.17, 15) is 13.2 Å². The van der Waals surface area contributed by atoms with Gasteiger partial charge in [-0.05, 0) is 48.9 Å². The molecule has 0 aliphatic carbocycles. The number of aryl methyl sites for hydroxylation is 1. The number of anilines is 1. The van der Waals surface area contributed by atoms with E-state index in [1.54, 1.807) is 24.3 Å². The van der Waals surface area contributed by atoms with E-state index in [2.05, 4.69) is 5.32 Å². The first kappa shape index (κ1) is 23.3. The molecule has 1 amide bonds. The van der Waals surface area contributed by atoms with E-state index in [0.29, 0.717) is 23.7 Å². The van der Waals surface area contributed by atoms with Gasteiger partial charge >= 0.3 is 0 Å². The number of hydrogen-bond acceptors (Lipinski definition) is 5. The molecular formula is C24H27N3O4S. The molecule has 3 aromatic carbocycles. The highest BCUT2D eigenvalue weighted by atomic mass is 32.2. The Balaban J connectivity index is 1.74. The molecule has 168 valence electrons. The van der Waals surface area contributed by atoms with Crippen LogP contribution in [0.2, 0.25) is 0 Å². The lowest BCUT2D eigenvalue weighted by molar-refractivity contribution is -0.119. The first-order valence-corrected chi connectivity index (χ1v) is 12.0. The van der Waals surface area contributed by atoms with Gasteiger partial charge in [-0.25, -0.2) is 8.42 Å². The second kappa shape index (κ2) is 10.3. The third-order valence-corrected chi connectivity index (χ3v) is 6.03. The van der Waals surface area contributed by atoms with Crippen LogP contribution in [0.1, 0.15) is 11.1 Å². The molecule has 0 fully saturated rings. The van der Waals surface area contributed by atoms with E-state index in [1.807, 2.05) is 61.5 Å². The summed E-state index contributed by atoms with van der Waals surface area (Å²) in [6.07, 6.45) is 1.10. The number of carbonyl (C=O) groups is 1. The van der Waals surface area contributed by atoms with Gasteiger partial charge in [-0.2, -0.15) is 0 Å². The fourth-order valence-electron chi connectivity index (χ4n) is 3.11. The lowest BCUT2D eigenvalue weighted by Crippen LogP contribution is -2.50. The molecule has 0 unspecified atom stereocenters. The Morgan fingerprint density at radius 2 is 1.53 bits per heavy atom. The quantitative estimate of drug-likeness (QED) is 0.491. The predicted octanol–water partition coefficient (Wildman–Crippen LogP) is 3.20. The second-order valence-electron chi connectivity index (χ2n) is 7.52. The molecule has 32 heavy (non-hydrogen) atoms. The maximum Gasteiger partial charge on any atom is 0.236 e. The average molecular weight is 454 g/mol. The van der Waals surface area contributed by atoms with Crippen molar-refractivity contribution in [2.45, 2.75) is 19.5 Å². The van der Waals surface area contributed by atoms with E-state index in [-0.39, 0.29) is 6.54 Å². The SMILES string of the molecule is Cc1ccc(Oc2ccc(N(C[C@@H](NCc3ccccc3)C(N)=O)S(C)(=O)=O)cc2)cc1. The molecule has 0 aliphatic rings. The van der Waals surface area contributed by atoms with Crippen molar-refractivity contribution < 1.29 is 17.9 Å². The van der Waals surface area contributed by atoms with Crippen LogP contribution in [0.5, 0.6) is 11.5 Å². The van der Waals surface area contributed by atoms with Crippen molar-refractivity contribution in [1.82, 2.24) is 5.32 Å². The highest BCUT2D eigenvalue weighted by Gasteiger charge is 2.25. The Labute approximate surface area is 188 Å². The first-order valence-electron chi connectivity index (χ1n) is 10.1. The molecule has 3 rings (SSSR count). The summed E-state index contributed by atoms with van der Waals surface area (Å²) < 4.78 is 31.9. The summed E-state index contributed by atoms with van der Waals surface area (Å²) >= 11 is 0. The van der Waals surface area contributed by atoms with E-state index in [4.69, 9.17) is 10.5 Å². The Bertz CT molecular complexity index is 1130. The Kier molecular flexibility index (Phi) is 7.50. The fourth-order valence-corrected chi connectivity index (χ4v) is 4.04. The number of carbonyl (C=O) groups excluding carboxylic acids is 1. The smallest absolute Gasteiger partial charge is 0.236 e. The van der Waals surface area contributed by atoms with Crippen LogP contribution in [0, 0.1) is 6.92 Å². The van der Waals surface area contributed by atoms with Crippen molar-refractivity contribution in [1.29, 1.82) is 0 Å². The van der Waals surface area contributed by atoms with Crippen LogP contribution in [-0.2, 0) is 21.4 Å². The molecule has 0 saturated heterocycles. The first-order chi connectivity index (χ1) is 15.2. The van der Waals surface area contributed by atoms with Gasteiger partial charge in [-0.3, -0.25) is 9.10 Å². The van der Waals surface area contributed by atoms with Crippen molar-refractivity contribution in [2.75, 3.05) is 17.1 Å². The maximum atomic E-state index is 12.5. The van der Waals surface area contributed by atoms with Gasteiger partial charge in [0.15, 0.2) is 0 Å². The molecule has 7 nitrogen and oxygen atoms in total. The van der Waals surface area contributed by atoms with Crippen LogP contribution >= 0.6 is 0 Å². The number of benzene rings is 3. The summed E-state index contributed by atoms with van der Waals surface area (Å²) in [4.78, 5) is 12.0. The zero-order chi connectivity index (χ0) is 23.1. The number of nitrogens with one attached hydrogen (secondary N) is 1. The highest BCUT2D eigenvalue weighted by molar-refractivity contribution is 7.92. The molecule has 1 atom stereocenters. The molecule has 0 aromatic heterocycles. The molecule has 0 heterocycles. The molecule has 0 saturated carbocycles. The summed E-state index contributed by atoms with van der Waals surface area (Å²) in [6, 6.07) is 22.9. The zero-order valence-electron chi connectivity index (χ0n) is 18.1. The Morgan fingerprint density at radius 3 is 2.06 bits per heavy atom. The number of rotatable bonds is 10. The fraction of sp³-hybridized carbons (Fsp3) is 0.208. The normalized spacial score (nSPS) is 12.2. The Hall–Kier alpha value is -3.36. The van der Waals surface area contributed by atoms with Crippen molar-refractivity contribution in [3.05, 3.63) is 90.0 Å². The van der Waals surface area contributed by atoms with Gasteiger partial charge in [0, 0.05) is 6.54 Å². The number of ether oxygens (including phenoxy) is 1. The van der Waals surface area contributed by atoms with E-state index in [1.165, 1.54) is 0 Å². The van der Waals surface area contributed by atoms with Gasteiger partial charge < -0.3 is 15.8 Å². The van der Waals surface area contributed by atoms with Gasteiger partial charge in [0.25, 0.3) is 0 Å². The number of primary amides is 1. The summed E-state index contributed by atoms with van der Waals surface area (Å²) in [6.45, 7) is 2.25. The monoisotopic (exact) mass is 453 g/mol. The standard InChI is InChI=1S/C24H27N3O4S/c1-18-8-12-21(13-9-18)31-22-14-10-20(11-15-22)27(32(2,29)30)17-23(24(25)28)26-16-19-6-4-3-5-7-19/h3-15,23,26H,16-17H2,1-2H3,(H2,25,28)/t23-/m1/s1. The van der Waals surface area contributed by atoms with Crippen LogP contribution in [0.25, 0.3) is 0 Å². The Morgan fingerprint density at radius 1 is 0.969 bits per heavy atom. The van der Waals surface area contributed by atoms with Crippen LogP contribution in [-0.4, -0.2) is 33.2 Å². The van der Waals surface area contributed by atoms with Crippen molar-refractivity contribution in [3.63, 3.8) is 0 Å². The molecular weight excluding hydrogens is 426 g/mol. The summed E-state index contributed by atoms with van der Waals surface area (Å²) in [5, 5.41) is 3.05. The van der Waals surface area contributed by atoms with Crippen molar-refractivity contribution in [3.8, 4) is 11.5 Å². The van der Waals surface area contributed by atoms with E-state index < -0.39 is 22.0 Å². The molecule has 8 heteroatoms. The summed E-state index contributed by atoms with van der Waals surface area (Å²) in [5.74, 6) is 0.621. The van der Waals surface area contributed by atoms with Crippen LogP contribution < -0.4 is 20.1 Å². The molecule has 3 aromatic rings. The molecule has 3 N–H and O–H groups in total. The number of nitrogens with two attached hydrogens (primary N) is 1. The number of amides is 1. The van der Waals surface area contributed by atoms with Crippen LogP contribution in [0.15, 0.2) is 78.9 Å². The van der Waals surface area contributed by atoms with Gasteiger partial charge in [0.1, 0.15) is 17.5 Å². The van der Waals surface area contributed by atoms with E-state index in [0.717, 1.165) is 21.7 Å².